The second-order valence-electron chi connectivity index (χ2n) is 5.69. The Labute approximate surface area is 138 Å². The van der Waals surface area contributed by atoms with Crippen molar-refractivity contribution in [3.63, 3.8) is 0 Å². The highest BCUT2D eigenvalue weighted by Gasteiger charge is 2.23. The molecule has 0 aliphatic heterocycles. The fourth-order valence-electron chi connectivity index (χ4n) is 2.84. The van der Waals surface area contributed by atoms with Crippen molar-refractivity contribution < 1.29 is 14.4 Å². The van der Waals surface area contributed by atoms with E-state index in [0.717, 1.165) is 24.0 Å². The molecule has 4 nitrogen and oxygen atoms in total. The summed E-state index contributed by atoms with van der Waals surface area (Å²) in [5.74, 6) is 0.0530. The van der Waals surface area contributed by atoms with Crippen molar-refractivity contribution in [3.8, 4) is 0 Å². The fraction of sp³-hybridized carbons (Fsp3) is 0.474. The minimum Gasteiger partial charge on any atom is -0.463 e. The van der Waals surface area contributed by atoms with E-state index in [1.807, 2.05) is 37.3 Å². The Hall–Kier alpha value is -2.10. The van der Waals surface area contributed by atoms with Gasteiger partial charge in [0.25, 0.3) is 0 Å². The van der Waals surface area contributed by atoms with Crippen LogP contribution in [-0.2, 0) is 21.0 Å². The van der Waals surface area contributed by atoms with Crippen LogP contribution in [0.25, 0.3) is 0 Å². The predicted molar refractivity (Wildman–Crippen MR) is 91.0 cm³/mol. The summed E-state index contributed by atoms with van der Waals surface area (Å²) in [5.41, 5.74) is 1.78. The number of esters is 1. The minimum absolute atomic E-state index is 0.228. The maximum Gasteiger partial charge on any atom is 0.334 e. The number of benzene rings is 1. The summed E-state index contributed by atoms with van der Waals surface area (Å²) in [6.07, 6.45) is 8.99. The second-order valence-corrected chi connectivity index (χ2v) is 5.69. The number of carbonyl (C=O) groups is 1. The van der Waals surface area contributed by atoms with Gasteiger partial charge in [-0.2, -0.15) is 0 Å². The van der Waals surface area contributed by atoms with E-state index in [0.29, 0.717) is 13.2 Å². The Bertz CT molecular complexity index is 531. The van der Waals surface area contributed by atoms with Crippen LogP contribution in [0.4, 0.5) is 0 Å². The van der Waals surface area contributed by atoms with Crippen LogP contribution in [0.5, 0.6) is 0 Å². The van der Waals surface area contributed by atoms with Crippen LogP contribution < -0.4 is 0 Å². The lowest BCUT2D eigenvalue weighted by atomic mass is 9.83. The molecule has 0 heterocycles. The lowest BCUT2D eigenvalue weighted by molar-refractivity contribution is -0.139. The Morgan fingerprint density at radius 1 is 1.22 bits per heavy atom. The molecular weight excluding hydrogens is 290 g/mol. The summed E-state index contributed by atoms with van der Waals surface area (Å²) < 4.78 is 5.17. The van der Waals surface area contributed by atoms with Gasteiger partial charge in [-0.25, -0.2) is 4.79 Å². The van der Waals surface area contributed by atoms with Gasteiger partial charge >= 0.3 is 5.97 Å². The van der Waals surface area contributed by atoms with Gasteiger partial charge < -0.3 is 9.57 Å². The molecule has 1 aromatic carbocycles. The molecule has 0 N–H and O–H groups in total. The standard InChI is InChI=1S/C19H25NO3/c1-2-22-19(21)18(17-11-7-4-8-12-17)13-14-20-23-15-16-9-5-3-6-10-16/h3,5-6,9-10,13-14,17H,2,4,7-8,11-12,15H2,1H3/b18-13-,20-14-. The van der Waals surface area contributed by atoms with Gasteiger partial charge in [-0.3, -0.25) is 0 Å². The highest BCUT2D eigenvalue weighted by atomic mass is 16.6. The molecule has 2 rings (SSSR count). The van der Waals surface area contributed by atoms with E-state index in [1.54, 1.807) is 12.3 Å². The third-order valence-electron chi connectivity index (χ3n) is 4.02. The summed E-state index contributed by atoms with van der Waals surface area (Å²) in [6, 6.07) is 9.86. The normalized spacial score (nSPS) is 16.5. The second kappa shape index (κ2) is 9.82. The van der Waals surface area contributed by atoms with Gasteiger partial charge in [-0.1, -0.05) is 54.8 Å². The molecule has 1 aromatic rings. The smallest absolute Gasteiger partial charge is 0.334 e. The predicted octanol–water partition coefficient (Wildman–Crippen LogP) is 4.26. The van der Waals surface area contributed by atoms with Crippen molar-refractivity contribution >= 4 is 12.2 Å². The number of ether oxygens (including phenoxy) is 1. The molecule has 0 unspecified atom stereocenters. The lowest BCUT2D eigenvalue weighted by Gasteiger charge is -2.22. The monoisotopic (exact) mass is 315 g/mol. The quantitative estimate of drug-likeness (QED) is 0.327. The van der Waals surface area contributed by atoms with Crippen LogP contribution in [0.2, 0.25) is 0 Å². The molecule has 0 atom stereocenters. The average molecular weight is 315 g/mol. The highest BCUT2D eigenvalue weighted by molar-refractivity contribution is 5.93. The number of hydrogen-bond acceptors (Lipinski definition) is 4. The number of nitrogens with zero attached hydrogens (tertiary/aromatic N) is 1. The molecule has 0 aromatic heterocycles. The molecule has 1 aliphatic rings. The lowest BCUT2D eigenvalue weighted by Crippen LogP contribution is -2.18. The van der Waals surface area contributed by atoms with Gasteiger partial charge in [0.05, 0.1) is 12.8 Å². The molecule has 0 bridgehead atoms. The van der Waals surface area contributed by atoms with Crippen molar-refractivity contribution in [1.29, 1.82) is 0 Å². The van der Waals surface area contributed by atoms with Gasteiger partial charge in [0.2, 0.25) is 0 Å². The zero-order valence-corrected chi connectivity index (χ0v) is 13.7. The molecule has 23 heavy (non-hydrogen) atoms. The summed E-state index contributed by atoms with van der Waals surface area (Å²) in [4.78, 5) is 17.4. The molecule has 1 fully saturated rings. The molecule has 0 amide bonds. The number of rotatable bonds is 7. The van der Waals surface area contributed by atoms with E-state index < -0.39 is 0 Å². The minimum atomic E-state index is -0.228. The Morgan fingerprint density at radius 2 is 1.96 bits per heavy atom. The van der Waals surface area contributed by atoms with Gasteiger partial charge in [0.1, 0.15) is 6.61 Å². The maximum atomic E-state index is 12.1. The van der Waals surface area contributed by atoms with E-state index in [4.69, 9.17) is 9.57 Å². The summed E-state index contributed by atoms with van der Waals surface area (Å²) in [5, 5.41) is 3.93. The van der Waals surface area contributed by atoms with Crippen molar-refractivity contribution in [2.75, 3.05) is 6.61 Å². The topological polar surface area (TPSA) is 47.9 Å². The third kappa shape index (κ3) is 5.89. The first kappa shape index (κ1) is 17.3. The first-order valence-corrected chi connectivity index (χ1v) is 8.37. The zero-order valence-electron chi connectivity index (χ0n) is 13.7. The molecule has 1 saturated carbocycles. The van der Waals surface area contributed by atoms with Crippen LogP contribution in [0.1, 0.15) is 44.6 Å². The first-order valence-electron chi connectivity index (χ1n) is 8.37. The Balaban J connectivity index is 1.92. The van der Waals surface area contributed by atoms with Gasteiger partial charge in [0, 0.05) is 5.57 Å². The zero-order chi connectivity index (χ0) is 16.3. The van der Waals surface area contributed by atoms with E-state index >= 15 is 0 Å². The molecule has 1 aliphatic carbocycles. The van der Waals surface area contributed by atoms with Crippen molar-refractivity contribution in [1.82, 2.24) is 0 Å². The van der Waals surface area contributed by atoms with Crippen LogP contribution >= 0.6 is 0 Å². The Morgan fingerprint density at radius 3 is 2.65 bits per heavy atom. The first-order chi connectivity index (χ1) is 11.3. The van der Waals surface area contributed by atoms with Gasteiger partial charge in [0.15, 0.2) is 0 Å². The van der Waals surface area contributed by atoms with Gasteiger partial charge in [-0.05, 0) is 37.3 Å². The number of hydrogen-bond donors (Lipinski definition) is 0. The largest absolute Gasteiger partial charge is 0.463 e. The SMILES string of the molecule is CCOC(=O)/C(=C\C=N/OCc1ccccc1)C1CCCCC1. The number of oxime groups is 1. The van der Waals surface area contributed by atoms with Crippen LogP contribution in [-0.4, -0.2) is 18.8 Å². The molecule has 4 heteroatoms. The van der Waals surface area contributed by atoms with Crippen LogP contribution in [0.3, 0.4) is 0 Å². The van der Waals surface area contributed by atoms with Crippen molar-refractivity contribution in [3.05, 3.63) is 47.5 Å². The summed E-state index contributed by atoms with van der Waals surface area (Å²) in [7, 11) is 0. The summed E-state index contributed by atoms with van der Waals surface area (Å²) in [6.45, 7) is 2.64. The van der Waals surface area contributed by atoms with E-state index in [-0.39, 0.29) is 11.9 Å². The number of carbonyl (C=O) groups excluding carboxylic acids is 1. The molecule has 0 saturated heterocycles. The summed E-state index contributed by atoms with van der Waals surface area (Å²) >= 11 is 0. The molecule has 124 valence electrons. The van der Waals surface area contributed by atoms with E-state index in [2.05, 4.69) is 5.16 Å². The highest BCUT2D eigenvalue weighted by Crippen LogP contribution is 2.30. The average Bonchev–Trinajstić information content (AvgIpc) is 2.60. The van der Waals surface area contributed by atoms with Gasteiger partial charge in [-0.15, -0.1) is 0 Å². The number of allylic oxidation sites excluding steroid dienone is 1. The molecule has 0 spiro atoms. The molecular formula is C19H25NO3. The van der Waals surface area contributed by atoms with Crippen molar-refractivity contribution in [2.45, 2.75) is 45.6 Å². The van der Waals surface area contributed by atoms with Crippen LogP contribution in [0.15, 0.2) is 47.1 Å². The molecule has 0 radical (unpaired) electrons. The van der Waals surface area contributed by atoms with E-state index in [1.165, 1.54) is 19.3 Å². The maximum absolute atomic E-state index is 12.1. The van der Waals surface area contributed by atoms with Crippen LogP contribution in [0, 0.1) is 5.92 Å². The van der Waals surface area contributed by atoms with E-state index in [9.17, 15) is 4.79 Å². The third-order valence-corrected chi connectivity index (χ3v) is 4.02. The van der Waals surface area contributed by atoms with Crippen molar-refractivity contribution in [2.24, 2.45) is 11.1 Å². The fourth-order valence-corrected chi connectivity index (χ4v) is 2.84. The Kier molecular flexibility index (Phi) is 7.37.